The number of aromatic hydroxyl groups is 1. The normalized spacial score (nSPS) is 20.0. The van der Waals surface area contributed by atoms with Gasteiger partial charge in [-0.15, -0.1) is 0 Å². The van der Waals surface area contributed by atoms with E-state index in [1.165, 1.54) is 5.56 Å². The molecule has 1 amide bonds. The summed E-state index contributed by atoms with van der Waals surface area (Å²) in [5.41, 5.74) is 2.03. The van der Waals surface area contributed by atoms with Gasteiger partial charge in [-0.3, -0.25) is 4.79 Å². The monoisotopic (exact) mass is 281 g/mol. The number of hydrogen-bond acceptors (Lipinski definition) is 2. The molecule has 108 valence electrons. The van der Waals surface area contributed by atoms with Crippen LogP contribution in [0.5, 0.6) is 5.75 Å². The van der Waals surface area contributed by atoms with Crippen molar-refractivity contribution in [3.05, 3.63) is 65.7 Å². The summed E-state index contributed by atoms with van der Waals surface area (Å²) >= 11 is 0. The minimum atomic E-state index is 0.0863. The third-order valence-electron chi connectivity index (χ3n) is 4.11. The van der Waals surface area contributed by atoms with Gasteiger partial charge in [0.1, 0.15) is 5.75 Å². The molecule has 1 aliphatic rings. The van der Waals surface area contributed by atoms with E-state index >= 15 is 0 Å². The average molecular weight is 281 g/mol. The second-order valence-corrected chi connectivity index (χ2v) is 5.68. The first-order valence-electron chi connectivity index (χ1n) is 7.23. The number of carbonyl (C=O) groups excluding carboxylic acids is 1. The molecular weight excluding hydrogens is 262 g/mol. The largest absolute Gasteiger partial charge is 0.508 e. The second kappa shape index (κ2) is 5.60. The molecule has 0 spiro atoms. The van der Waals surface area contributed by atoms with Crippen LogP contribution in [0.3, 0.4) is 0 Å². The zero-order valence-corrected chi connectivity index (χ0v) is 12.1. The Kier molecular flexibility index (Phi) is 3.65. The van der Waals surface area contributed by atoms with Crippen molar-refractivity contribution in [3.63, 3.8) is 0 Å². The quantitative estimate of drug-likeness (QED) is 0.935. The predicted octanol–water partition coefficient (Wildman–Crippen LogP) is 3.15. The fraction of sp³-hybridized carbons (Fsp3) is 0.278. The molecule has 1 saturated carbocycles. The van der Waals surface area contributed by atoms with Crippen molar-refractivity contribution >= 4 is 5.91 Å². The van der Waals surface area contributed by atoms with Crippen LogP contribution in [-0.4, -0.2) is 23.0 Å². The molecule has 1 N–H and O–H groups in total. The number of amides is 1. The van der Waals surface area contributed by atoms with E-state index in [0.717, 1.165) is 12.0 Å². The van der Waals surface area contributed by atoms with Crippen LogP contribution < -0.4 is 0 Å². The molecule has 1 aliphatic carbocycles. The summed E-state index contributed by atoms with van der Waals surface area (Å²) in [4.78, 5) is 14.2. The highest BCUT2D eigenvalue weighted by Gasteiger charge is 2.45. The fourth-order valence-corrected chi connectivity index (χ4v) is 2.80. The number of rotatable bonds is 4. The maximum absolute atomic E-state index is 12.4. The summed E-state index contributed by atoms with van der Waals surface area (Å²) in [7, 11) is 1.80. The molecule has 3 heteroatoms. The second-order valence-electron chi connectivity index (χ2n) is 5.68. The molecule has 3 rings (SSSR count). The van der Waals surface area contributed by atoms with Gasteiger partial charge in [0.05, 0.1) is 0 Å². The lowest BCUT2D eigenvalue weighted by molar-refractivity contribution is -0.131. The molecule has 0 aliphatic heterocycles. The Morgan fingerprint density at radius 3 is 2.52 bits per heavy atom. The van der Waals surface area contributed by atoms with Gasteiger partial charge in [-0.1, -0.05) is 48.5 Å². The van der Waals surface area contributed by atoms with Crippen LogP contribution in [0.25, 0.3) is 0 Å². The first kappa shape index (κ1) is 13.7. The SMILES string of the molecule is CN(Cc1ccccc1O)C(=O)[C@@H]1C[C@H]1c1ccccc1. The molecule has 2 aromatic carbocycles. The van der Waals surface area contributed by atoms with Gasteiger partial charge in [0.15, 0.2) is 0 Å². The van der Waals surface area contributed by atoms with Gasteiger partial charge in [-0.2, -0.15) is 0 Å². The molecule has 0 saturated heterocycles. The molecule has 0 heterocycles. The molecule has 2 atom stereocenters. The lowest BCUT2D eigenvalue weighted by atomic mass is 10.1. The molecule has 0 aromatic heterocycles. The summed E-state index contributed by atoms with van der Waals surface area (Å²) in [6.45, 7) is 0.448. The van der Waals surface area contributed by atoms with E-state index in [1.807, 2.05) is 30.3 Å². The Morgan fingerprint density at radius 2 is 1.81 bits per heavy atom. The van der Waals surface area contributed by atoms with Crippen molar-refractivity contribution < 1.29 is 9.90 Å². The number of nitrogens with zero attached hydrogens (tertiary/aromatic N) is 1. The average Bonchev–Trinajstić information content (AvgIpc) is 3.30. The fourth-order valence-electron chi connectivity index (χ4n) is 2.80. The van der Waals surface area contributed by atoms with E-state index in [2.05, 4.69) is 12.1 Å². The topological polar surface area (TPSA) is 40.5 Å². The van der Waals surface area contributed by atoms with Gasteiger partial charge in [0, 0.05) is 25.1 Å². The molecule has 0 unspecified atom stereocenters. The number of phenolic OH excluding ortho intramolecular Hbond substituents is 1. The van der Waals surface area contributed by atoms with Gasteiger partial charge in [0.2, 0.25) is 5.91 Å². The standard InChI is InChI=1S/C18H19NO2/c1-19(12-14-9-5-6-10-17(14)20)18(21)16-11-15(16)13-7-3-2-4-8-13/h2-10,15-16,20H,11-12H2,1H3/t15-,16+/m0/s1. The zero-order chi connectivity index (χ0) is 14.8. The van der Waals surface area contributed by atoms with E-state index in [9.17, 15) is 9.90 Å². The van der Waals surface area contributed by atoms with Crippen molar-refractivity contribution in [2.24, 2.45) is 5.92 Å². The third kappa shape index (κ3) is 2.92. The summed E-state index contributed by atoms with van der Waals surface area (Å²) in [6.07, 6.45) is 0.925. The summed E-state index contributed by atoms with van der Waals surface area (Å²) < 4.78 is 0. The van der Waals surface area contributed by atoms with Crippen LogP contribution >= 0.6 is 0 Å². The Hall–Kier alpha value is -2.29. The van der Waals surface area contributed by atoms with Crippen molar-refractivity contribution in [2.45, 2.75) is 18.9 Å². The molecule has 21 heavy (non-hydrogen) atoms. The Morgan fingerprint density at radius 1 is 1.14 bits per heavy atom. The summed E-state index contributed by atoms with van der Waals surface area (Å²) in [6, 6.07) is 17.3. The van der Waals surface area contributed by atoms with Crippen LogP contribution in [0, 0.1) is 5.92 Å². The lowest BCUT2D eigenvalue weighted by Crippen LogP contribution is -2.28. The molecular formula is C18H19NO2. The lowest BCUT2D eigenvalue weighted by Gasteiger charge is -2.18. The van der Waals surface area contributed by atoms with Crippen LogP contribution in [0.1, 0.15) is 23.5 Å². The molecule has 0 bridgehead atoms. The van der Waals surface area contributed by atoms with Gasteiger partial charge >= 0.3 is 0 Å². The number of hydrogen-bond donors (Lipinski definition) is 1. The maximum atomic E-state index is 12.4. The minimum Gasteiger partial charge on any atom is -0.508 e. The van der Waals surface area contributed by atoms with Crippen LogP contribution in [0.4, 0.5) is 0 Å². The van der Waals surface area contributed by atoms with Gasteiger partial charge in [0.25, 0.3) is 0 Å². The number of para-hydroxylation sites is 1. The van der Waals surface area contributed by atoms with Crippen molar-refractivity contribution in [1.29, 1.82) is 0 Å². The number of benzene rings is 2. The molecule has 0 radical (unpaired) electrons. The molecule has 2 aromatic rings. The van der Waals surface area contributed by atoms with Crippen LogP contribution in [0.2, 0.25) is 0 Å². The van der Waals surface area contributed by atoms with E-state index in [1.54, 1.807) is 24.1 Å². The summed E-state index contributed by atoms with van der Waals surface area (Å²) in [5.74, 6) is 0.841. The summed E-state index contributed by atoms with van der Waals surface area (Å²) in [5, 5.41) is 9.79. The highest BCUT2D eigenvalue weighted by molar-refractivity contribution is 5.82. The van der Waals surface area contributed by atoms with Crippen molar-refractivity contribution in [1.82, 2.24) is 4.90 Å². The predicted molar refractivity (Wildman–Crippen MR) is 81.9 cm³/mol. The zero-order valence-electron chi connectivity index (χ0n) is 12.1. The van der Waals surface area contributed by atoms with E-state index in [-0.39, 0.29) is 17.6 Å². The Bertz CT molecular complexity index is 639. The molecule has 3 nitrogen and oxygen atoms in total. The highest BCUT2D eigenvalue weighted by Crippen LogP contribution is 2.48. The molecule has 1 fully saturated rings. The maximum Gasteiger partial charge on any atom is 0.226 e. The van der Waals surface area contributed by atoms with Gasteiger partial charge in [-0.05, 0) is 24.0 Å². The number of carbonyl (C=O) groups is 1. The smallest absolute Gasteiger partial charge is 0.226 e. The Balaban J connectivity index is 1.63. The van der Waals surface area contributed by atoms with Crippen LogP contribution in [0.15, 0.2) is 54.6 Å². The first-order valence-corrected chi connectivity index (χ1v) is 7.23. The third-order valence-corrected chi connectivity index (χ3v) is 4.11. The van der Waals surface area contributed by atoms with E-state index in [4.69, 9.17) is 0 Å². The van der Waals surface area contributed by atoms with Gasteiger partial charge < -0.3 is 10.0 Å². The number of phenols is 1. The van der Waals surface area contributed by atoms with E-state index in [0.29, 0.717) is 12.5 Å². The first-order chi connectivity index (χ1) is 10.2. The van der Waals surface area contributed by atoms with Crippen molar-refractivity contribution in [2.75, 3.05) is 7.05 Å². The van der Waals surface area contributed by atoms with Crippen LogP contribution in [-0.2, 0) is 11.3 Å². The minimum absolute atomic E-state index is 0.0863. The van der Waals surface area contributed by atoms with Crippen molar-refractivity contribution in [3.8, 4) is 5.75 Å². The van der Waals surface area contributed by atoms with Gasteiger partial charge in [-0.25, -0.2) is 0 Å². The Labute approximate surface area is 124 Å². The van der Waals surface area contributed by atoms with E-state index < -0.39 is 0 Å². The highest BCUT2D eigenvalue weighted by atomic mass is 16.3.